The smallest absolute Gasteiger partial charge is 0.493 e. The fourth-order valence-electron chi connectivity index (χ4n) is 18.8. The summed E-state index contributed by atoms with van der Waals surface area (Å²) in [7, 11) is -2.47. The number of imidazole rings is 1. The quantitative estimate of drug-likeness (QED) is 0.0707. The van der Waals surface area contributed by atoms with E-state index in [4.69, 9.17) is 0 Å². The van der Waals surface area contributed by atoms with E-state index in [0.29, 0.717) is 11.8 Å². The Kier molecular flexibility index (Phi) is 30.8. The molecular weight excluding hydrogens is 2130 g/mol. The molecule has 0 saturated heterocycles. The van der Waals surface area contributed by atoms with Gasteiger partial charge in [-0.15, -0.1) is 131 Å². The zero-order chi connectivity index (χ0) is 95.7. The number of thiophene rings is 1. The van der Waals surface area contributed by atoms with Gasteiger partial charge in [-0.05, 0) is 126 Å². The van der Waals surface area contributed by atoms with Crippen LogP contribution in [0.1, 0.15) is 84.0 Å². The summed E-state index contributed by atoms with van der Waals surface area (Å²) in [6, 6.07) is 146. The van der Waals surface area contributed by atoms with E-state index in [1.165, 1.54) is 126 Å². The summed E-state index contributed by atoms with van der Waals surface area (Å²) in [5.74, 6) is 1.86. The van der Waals surface area contributed by atoms with Crippen molar-refractivity contribution in [3.63, 3.8) is 0 Å². The second-order valence-corrected chi connectivity index (χ2v) is 49.3. The average Bonchev–Trinajstić information content (AvgIpc) is 1.56. The molecule has 3 aliphatic rings. The number of benzene rings is 14. The number of aromatic amines is 1. The van der Waals surface area contributed by atoms with Crippen LogP contribution in [-0.2, 0) is 53.3 Å². The van der Waals surface area contributed by atoms with Gasteiger partial charge in [0, 0.05) is 145 Å². The summed E-state index contributed by atoms with van der Waals surface area (Å²) in [5.41, 5.74) is 31.3. The van der Waals surface area contributed by atoms with Crippen molar-refractivity contribution in [1.82, 2.24) is 29.1 Å². The molecule has 0 unspecified atom stereocenters. The van der Waals surface area contributed by atoms with E-state index in [0.717, 1.165) is 75.1 Å². The van der Waals surface area contributed by atoms with Crippen molar-refractivity contribution in [2.75, 3.05) is 9.80 Å². The Balaban J connectivity index is 0.000000118. The Bertz CT molecular complexity index is 7840. The number of rotatable bonds is 13. The second-order valence-electron chi connectivity index (χ2n) is 38.1. The van der Waals surface area contributed by atoms with Crippen LogP contribution in [0.5, 0.6) is 0 Å². The molecule has 25 rings (SSSR count). The molecule has 8 aromatic heterocycles. The molecule has 10 nitrogen and oxygen atoms in total. The molecule has 1 N–H and O–H groups in total. The maximum absolute atomic E-state index is 4.68. The van der Waals surface area contributed by atoms with Crippen LogP contribution < -0.4 is 29.3 Å². The molecule has 14 aromatic carbocycles. The second kappa shape index (κ2) is 44.1. The number of para-hydroxylation sites is 5. The number of fused-ring (bicyclic) bond motifs is 9. The number of aromatic nitrogens is 8. The van der Waals surface area contributed by atoms with Crippen molar-refractivity contribution in [3.05, 3.63) is 495 Å². The molecule has 0 fully saturated rings. The Morgan fingerprint density at radius 2 is 0.965 bits per heavy atom. The molecule has 11 heterocycles. The van der Waals surface area contributed by atoms with Gasteiger partial charge in [0.2, 0.25) is 11.2 Å². The van der Waals surface area contributed by atoms with Gasteiger partial charge in [-0.3, -0.25) is 4.98 Å². The van der Waals surface area contributed by atoms with Gasteiger partial charge < -0.3 is 33.9 Å². The number of pyridine rings is 4. The maximum atomic E-state index is 4.68. The molecule has 141 heavy (non-hydrogen) atoms. The summed E-state index contributed by atoms with van der Waals surface area (Å²) in [6.07, 6.45) is 12.2. The normalized spacial score (nSPS) is 12.1. The molecule has 0 saturated carbocycles. The van der Waals surface area contributed by atoms with Crippen molar-refractivity contribution in [1.29, 1.82) is 0 Å². The van der Waals surface area contributed by atoms with Crippen LogP contribution in [0.4, 0.5) is 11.4 Å². The minimum Gasteiger partial charge on any atom is -0.493 e. The first-order valence-electron chi connectivity index (χ1n) is 48.0. The van der Waals surface area contributed by atoms with Crippen LogP contribution >= 0.6 is 11.3 Å². The summed E-state index contributed by atoms with van der Waals surface area (Å²) in [6.45, 7) is 32.1. The topological polar surface area (TPSA) is 78.6 Å². The Morgan fingerprint density at radius 1 is 0.411 bits per heavy atom. The largest absolute Gasteiger partial charge is 3.00 e. The van der Waals surface area contributed by atoms with Crippen molar-refractivity contribution >= 4 is 125 Å². The molecule has 15 heteroatoms. The number of anilines is 2. The third kappa shape index (κ3) is 21.4. The van der Waals surface area contributed by atoms with Crippen LogP contribution in [0.15, 0.2) is 419 Å². The van der Waals surface area contributed by atoms with Gasteiger partial charge in [0.1, 0.15) is 4.70 Å². The van der Waals surface area contributed by atoms with E-state index in [2.05, 4.69) is 433 Å². The van der Waals surface area contributed by atoms with E-state index in [-0.39, 0.29) is 40.2 Å². The van der Waals surface area contributed by atoms with E-state index < -0.39 is 16.1 Å². The summed E-state index contributed by atoms with van der Waals surface area (Å²) >= 11 is 1.90. The molecule has 0 amide bonds. The molecular formula is C126H113Ir2N10SSi2. The fourth-order valence-corrected chi connectivity index (χ4v) is 22.2. The predicted molar refractivity (Wildman–Crippen MR) is 589 cm³/mol. The van der Waals surface area contributed by atoms with Crippen LogP contribution in [-0.4, -0.2) is 45.2 Å². The van der Waals surface area contributed by atoms with Crippen LogP contribution in [0.2, 0.25) is 39.3 Å². The number of nitrogens with one attached hydrogen (secondary N) is 1. The molecule has 0 atom stereocenters. The van der Waals surface area contributed by atoms with Crippen LogP contribution in [0.3, 0.4) is 0 Å². The molecule has 3 aliphatic heterocycles. The summed E-state index contributed by atoms with van der Waals surface area (Å²) < 4.78 is 12.2. The molecule has 0 bridgehead atoms. The van der Waals surface area contributed by atoms with Gasteiger partial charge >= 0.3 is 20.1 Å². The number of H-pyrrole nitrogens is 1. The molecule has 0 aliphatic carbocycles. The SMILES string of the molecule is CC(C)c1cccc(C(C)C)c1-n1ccnc1-c1[c-]cccc1.C[Si](C)(C)c1ccc2c(c1)-c1ccc([Si](C)(C)C)c[n+]1C2.Cc1ccccc1C1=C(c2ccccc2C)N(c2ccccc2)[CH-]N1c1[c-]cccc1.[Ir+3].[Ir].[c-]1ccccc1-c1cc2c(cn1)[nH]c1cc3c(cc12)c1ccccc1n3-c1ccccc1.[c-]1ccccc1-c1ccccn1.c1cc2c3c(c1)sc1ccc[n+](c13)C2.c1ccccc1. The Morgan fingerprint density at radius 3 is 1.58 bits per heavy atom. The predicted octanol–water partition coefficient (Wildman–Crippen LogP) is 30.0. The average molecular weight is 2240 g/mol. The standard InChI is InChI=1S/C29H18N3.C29H24N2.C21H23N2.C18H26NSi2.C12H8NS.C11H8N.C6H6.2Ir/c1-3-9-19(10-4-1)25-16-23-22-15-24-21-13-7-8-14-28(21)32(20-11-5-2-6-12-20)29(24)17-26(22)31-27(23)18-30-25;1-22-13-9-11-19-26(22)28-29(27-20-12-10-14-23(27)2)31(25-17-7-4-8-18-25)21-30(28)24-15-5-3-6-16-24;1-15(2)18-11-8-12-19(16(3)4)20(18)23-14-13-22-21(23)17-9-6-5-7-10-17;1-20(2,3)15-8-7-14-12-19-13-16(21(4,5)6)9-10-18(19)17(14)11-15;1-3-8-7-13-6-2-5-10-12(13)11(8)9(4-1)14-10;1-2-6-10(7-3-1)11-8-4-5-9-12-11;1-2-4-6-5-3-1;;/h1-9,11-18,31H;3-17,19-21H,1-2H3;5-9,11-16H,1-4H3;7-11,13H,12H2,1-6H3;1-6H,7H2;1-6,8-9H;1-6H;;/q-1;-2;-1;2*+1;-1;;;+3. The fraction of sp³-hybridized carbons (Fsp3) is 0.127. The number of hydrogen-bond acceptors (Lipinski definition) is 6. The zero-order valence-electron chi connectivity index (χ0n) is 81.6. The van der Waals surface area contributed by atoms with Crippen LogP contribution in [0.25, 0.3) is 132 Å². The van der Waals surface area contributed by atoms with Gasteiger partial charge in [-0.1, -0.05) is 278 Å². The number of aryl methyl sites for hydroxylation is 2. The summed E-state index contributed by atoms with van der Waals surface area (Å²) in [5, 5.41) is 9.49. The van der Waals surface area contributed by atoms with Crippen molar-refractivity contribution in [2.45, 2.75) is 106 Å². The molecule has 0 spiro atoms. The summed E-state index contributed by atoms with van der Waals surface area (Å²) in [4.78, 5) is 21.6. The van der Waals surface area contributed by atoms with Crippen LogP contribution in [0, 0.1) is 44.8 Å². The van der Waals surface area contributed by atoms with Crippen molar-refractivity contribution < 1.29 is 49.3 Å². The zero-order valence-corrected chi connectivity index (χ0v) is 89.2. The maximum Gasteiger partial charge on any atom is 3.00 e. The van der Waals surface area contributed by atoms with Crippen molar-refractivity contribution in [3.8, 4) is 56.5 Å². The first-order valence-corrected chi connectivity index (χ1v) is 55.8. The van der Waals surface area contributed by atoms with E-state index in [1.54, 1.807) is 16.6 Å². The number of hydrogen-bond donors (Lipinski definition) is 1. The van der Waals surface area contributed by atoms with Gasteiger partial charge in [0.25, 0.3) is 0 Å². The van der Waals surface area contributed by atoms with E-state index >= 15 is 0 Å². The minimum atomic E-state index is -1.24. The Labute approximate surface area is 862 Å². The van der Waals surface area contributed by atoms with Crippen molar-refractivity contribution in [2.24, 2.45) is 0 Å². The van der Waals surface area contributed by atoms with Gasteiger partial charge in [-0.2, -0.15) is 39.5 Å². The monoisotopic (exact) mass is 2240 g/mol. The first kappa shape index (κ1) is 98.4. The van der Waals surface area contributed by atoms with Gasteiger partial charge in [-0.25, -0.2) is 0 Å². The number of nitrogens with zero attached hydrogens (tertiary/aromatic N) is 9. The molecule has 1 radical (unpaired) electrons. The van der Waals surface area contributed by atoms with Gasteiger partial charge in [0.15, 0.2) is 25.5 Å². The first-order chi connectivity index (χ1) is 67.8. The van der Waals surface area contributed by atoms with E-state index in [9.17, 15) is 0 Å². The molecule has 22 aromatic rings. The van der Waals surface area contributed by atoms with E-state index in [1.807, 2.05) is 151 Å². The van der Waals surface area contributed by atoms with Gasteiger partial charge in [0.05, 0.1) is 49.5 Å². The minimum absolute atomic E-state index is 0. The third-order valence-corrected chi connectivity index (χ3v) is 31.1. The Hall–Kier alpha value is -14.2. The third-order valence-electron chi connectivity index (χ3n) is 25.9. The molecule has 699 valence electrons.